The zero-order chi connectivity index (χ0) is 37.7. The third-order valence-corrected chi connectivity index (χ3v) is 9.39. The summed E-state index contributed by atoms with van der Waals surface area (Å²) < 4.78 is 5.52. The van der Waals surface area contributed by atoms with Crippen LogP contribution in [0.15, 0.2) is 116 Å². The van der Waals surface area contributed by atoms with Gasteiger partial charge in [0.2, 0.25) is 5.91 Å². The molecule has 1 aromatic heterocycles. The highest BCUT2D eigenvalue weighted by Gasteiger charge is 2.34. The van der Waals surface area contributed by atoms with Gasteiger partial charge in [0.1, 0.15) is 12.6 Å². The largest absolute Gasteiger partial charge is 0.445 e. The summed E-state index contributed by atoms with van der Waals surface area (Å²) in [4.78, 5) is 58.8. The Hall–Kier alpha value is -5.72. The summed E-state index contributed by atoms with van der Waals surface area (Å²) in [6.45, 7) is 3.54. The Bertz CT molecular complexity index is 2000. The lowest BCUT2D eigenvalue weighted by atomic mass is 9.99. The van der Waals surface area contributed by atoms with Crippen molar-refractivity contribution in [1.82, 2.24) is 26.1 Å². The van der Waals surface area contributed by atoms with Gasteiger partial charge in [-0.3, -0.25) is 24.8 Å². The predicted molar refractivity (Wildman–Crippen MR) is 206 cm³/mol. The highest BCUT2D eigenvalue weighted by Crippen LogP contribution is 2.19. The number of pyridine rings is 1. The minimum absolute atomic E-state index is 0.0321. The lowest BCUT2D eigenvalue weighted by molar-refractivity contribution is -0.145. The van der Waals surface area contributed by atoms with Gasteiger partial charge in [0.05, 0.1) is 12.6 Å². The van der Waals surface area contributed by atoms with E-state index in [1.165, 1.54) is 11.8 Å². The maximum absolute atomic E-state index is 14.2. The van der Waals surface area contributed by atoms with E-state index in [1.807, 2.05) is 105 Å². The number of carbonyl (C=O) groups excluding carboxylic acids is 4. The number of amides is 4. The molecule has 0 aliphatic heterocycles. The number of aliphatic hydroxyl groups is 1. The number of nitrogens with one attached hydrogen (secondary N) is 3. The molecule has 5 aromatic rings. The van der Waals surface area contributed by atoms with Gasteiger partial charge in [-0.05, 0) is 65.8 Å². The molecule has 0 aliphatic carbocycles. The number of thioether (sulfide) groups is 1. The Morgan fingerprint density at radius 2 is 1.49 bits per heavy atom. The molecule has 4 amide bonds. The third-order valence-electron chi connectivity index (χ3n) is 8.73. The molecule has 0 radical (unpaired) electrons. The van der Waals surface area contributed by atoms with Gasteiger partial charge in [0, 0.05) is 29.1 Å². The van der Waals surface area contributed by atoms with Gasteiger partial charge in [-0.15, -0.1) is 0 Å². The van der Waals surface area contributed by atoms with Crippen molar-refractivity contribution in [2.45, 2.75) is 51.6 Å². The van der Waals surface area contributed by atoms with Gasteiger partial charge in [-0.2, -0.15) is 11.8 Å². The third kappa shape index (κ3) is 10.4. The molecule has 274 valence electrons. The van der Waals surface area contributed by atoms with Crippen molar-refractivity contribution in [3.63, 3.8) is 0 Å². The van der Waals surface area contributed by atoms with Crippen LogP contribution >= 0.6 is 11.8 Å². The van der Waals surface area contributed by atoms with E-state index in [0.29, 0.717) is 11.1 Å². The molecule has 53 heavy (non-hydrogen) atoms. The molecule has 1 heterocycles. The molecule has 5 rings (SSSR count). The van der Waals surface area contributed by atoms with Crippen LogP contribution in [0.25, 0.3) is 10.8 Å². The fraction of sp³-hybridized carbons (Fsp3) is 0.244. The van der Waals surface area contributed by atoms with Crippen molar-refractivity contribution >= 4 is 46.3 Å². The molecular weight excluding hydrogens is 691 g/mol. The van der Waals surface area contributed by atoms with E-state index in [-0.39, 0.29) is 25.3 Å². The molecule has 4 aromatic carbocycles. The van der Waals surface area contributed by atoms with Crippen molar-refractivity contribution in [2.75, 3.05) is 12.0 Å². The molecule has 0 unspecified atom stereocenters. The number of rotatable bonds is 14. The summed E-state index contributed by atoms with van der Waals surface area (Å²) >= 11 is 1.33. The maximum Gasteiger partial charge on any atom is 0.408 e. The van der Waals surface area contributed by atoms with E-state index < -0.39 is 42.0 Å². The highest BCUT2D eigenvalue weighted by molar-refractivity contribution is 7.98. The smallest absolute Gasteiger partial charge is 0.408 e. The number of hydrogen-bond acceptors (Lipinski definition) is 8. The van der Waals surface area contributed by atoms with Gasteiger partial charge in [-0.25, -0.2) is 9.80 Å². The van der Waals surface area contributed by atoms with Crippen molar-refractivity contribution in [3.8, 4) is 0 Å². The van der Waals surface area contributed by atoms with Gasteiger partial charge in [-0.1, -0.05) is 97.1 Å². The number of hydrogen-bond donors (Lipinski definition) is 4. The fourth-order valence-electron chi connectivity index (χ4n) is 6.01. The summed E-state index contributed by atoms with van der Waals surface area (Å²) in [5.41, 5.74) is 6.82. The minimum Gasteiger partial charge on any atom is -0.445 e. The highest BCUT2D eigenvalue weighted by atomic mass is 32.2. The second-order valence-electron chi connectivity index (χ2n) is 12.6. The fourth-order valence-corrected chi connectivity index (χ4v) is 6.57. The minimum atomic E-state index is -1.79. The first-order valence-corrected chi connectivity index (χ1v) is 18.5. The van der Waals surface area contributed by atoms with E-state index in [2.05, 4.69) is 21.0 Å². The van der Waals surface area contributed by atoms with Gasteiger partial charge in [0.15, 0.2) is 6.10 Å². The Kier molecular flexibility index (Phi) is 13.6. The van der Waals surface area contributed by atoms with Crippen LogP contribution in [-0.2, 0) is 33.9 Å². The molecule has 4 N–H and O–H groups in total. The molecule has 0 fully saturated rings. The maximum atomic E-state index is 14.2. The topological polar surface area (TPSA) is 150 Å². The molecule has 0 saturated carbocycles. The van der Waals surface area contributed by atoms with E-state index in [1.54, 1.807) is 30.8 Å². The quantitative estimate of drug-likeness (QED) is 0.113. The number of ether oxygens (including phenoxy) is 1. The standard InChI is InChI=1S/C41H43N5O6S/c1-27-12-10-13-28(2)36(27)39(49)45-46(24-30-16-8-5-9-17-30)40(50)37(47)34(22-29-14-6-4-7-15-29)43-38(48)35(26-53-3)44-41(51)52-25-32-19-11-18-31-23-42-21-20-33(31)32/h4-21,23,34-35,37,47H,22,24-26H2,1-3H3,(H,43,48)(H,44,51)(H,45,49)/t34-,35-,37-/m0/s1. The number of nitrogens with zero attached hydrogens (tertiary/aromatic N) is 2. The van der Waals surface area contributed by atoms with Crippen molar-refractivity contribution in [3.05, 3.63) is 149 Å². The zero-order valence-electron chi connectivity index (χ0n) is 29.8. The van der Waals surface area contributed by atoms with Crippen LogP contribution in [-0.4, -0.2) is 69.1 Å². The molecule has 0 saturated heterocycles. The molecular formula is C41H43N5O6S. The van der Waals surface area contributed by atoms with Gasteiger partial charge in [0.25, 0.3) is 11.8 Å². The molecule has 3 atom stereocenters. The average molecular weight is 734 g/mol. The number of benzene rings is 4. The summed E-state index contributed by atoms with van der Waals surface area (Å²) in [6, 6.07) is 28.9. The van der Waals surface area contributed by atoms with E-state index >= 15 is 0 Å². The normalized spacial score (nSPS) is 12.6. The number of aliphatic hydroxyl groups excluding tert-OH is 1. The Balaban J connectivity index is 1.35. The lowest BCUT2D eigenvalue weighted by Crippen LogP contribution is -2.59. The SMILES string of the molecule is CSC[C@H](NC(=O)OCc1cccc2cnccc12)C(=O)N[C@@H](Cc1ccccc1)[C@H](O)C(=O)N(Cc1ccccc1)NC(=O)c1c(C)cccc1C. The predicted octanol–water partition coefficient (Wildman–Crippen LogP) is 5.27. The number of carbonyl (C=O) groups is 4. The Morgan fingerprint density at radius 1 is 0.830 bits per heavy atom. The van der Waals surface area contributed by atoms with Crippen LogP contribution in [0.4, 0.5) is 4.79 Å². The van der Waals surface area contributed by atoms with Crippen LogP contribution in [0.2, 0.25) is 0 Å². The van der Waals surface area contributed by atoms with Crippen LogP contribution in [0, 0.1) is 13.8 Å². The van der Waals surface area contributed by atoms with Crippen molar-refractivity contribution < 1.29 is 29.0 Å². The second kappa shape index (κ2) is 18.7. The summed E-state index contributed by atoms with van der Waals surface area (Å²) in [5.74, 6) is -1.76. The first kappa shape index (κ1) is 38.5. The van der Waals surface area contributed by atoms with E-state index in [4.69, 9.17) is 4.74 Å². The van der Waals surface area contributed by atoms with Crippen LogP contribution < -0.4 is 16.1 Å². The molecule has 0 bridgehead atoms. The van der Waals surface area contributed by atoms with E-state index in [9.17, 15) is 24.3 Å². The second-order valence-corrected chi connectivity index (χ2v) is 13.5. The number of aryl methyl sites for hydroxylation is 2. The molecule has 0 spiro atoms. The molecule has 11 nitrogen and oxygen atoms in total. The summed E-state index contributed by atoms with van der Waals surface area (Å²) in [7, 11) is 0. The first-order chi connectivity index (χ1) is 25.6. The summed E-state index contributed by atoms with van der Waals surface area (Å²) in [6.07, 6.45) is 2.67. The van der Waals surface area contributed by atoms with Gasteiger partial charge < -0.3 is 20.5 Å². The zero-order valence-corrected chi connectivity index (χ0v) is 30.6. The van der Waals surface area contributed by atoms with E-state index in [0.717, 1.165) is 38.0 Å². The summed E-state index contributed by atoms with van der Waals surface area (Å²) in [5, 5.41) is 20.1. The van der Waals surface area contributed by atoms with Crippen LogP contribution in [0.1, 0.15) is 38.2 Å². The van der Waals surface area contributed by atoms with Crippen molar-refractivity contribution in [2.24, 2.45) is 0 Å². The Morgan fingerprint density at radius 3 is 2.17 bits per heavy atom. The number of alkyl carbamates (subject to hydrolysis) is 1. The van der Waals surface area contributed by atoms with Crippen molar-refractivity contribution in [1.29, 1.82) is 0 Å². The molecule has 12 heteroatoms. The molecule has 0 aliphatic rings. The Labute approximate surface area is 313 Å². The average Bonchev–Trinajstić information content (AvgIpc) is 3.16. The lowest BCUT2D eigenvalue weighted by Gasteiger charge is -2.31. The number of aromatic nitrogens is 1. The van der Waals surface area contributed by atoms with Crippen LogP contribution in [0.3, 0.4) is 0 Å². The number of hydrazine groups is 1. The number of fused-ring (bicyclic) bond motifs is 1. The first-order valence-electron chi connectivity index (χ1n) is 17.1. The monoisotopic (exact) mass is 733 g/mol. The van der Waals surface area contributed by atoms with Gasteiger partial charge >= 0.3 is 6.09 Å². The van der Waals surface area contributed by atoms with Crippen LogP contribution in [0.5, 0.6) is 0 Å².